The predicted molar refractivity (Wildman–Crippen MR) is 112 cm³/mol. The molecule has 0 fully saturated rings. The number of hydrogen-bond acceptors (Lipinski definition) is 8. The molecular formula is C22H24N2O7. The van der Waals surface area contributed by atoms with Crippen LogP contribution in [-0.2, 0) is 20.7 Å². The number of carbonyl (C=O) groups is 3. The van der Waals surface area contributed by atoms with Crippen LogP contribution in [-0.4, -0.2) is 43.0 Å². The lowest BCUT2D eigenvalue weighted by molar-refractivity contribution is -0.116. The summed E-state index contributed by atoms with van der Waals surface area (Å²) in [6.07, 6.45) is 4.99. The van der Waals surface area contributed by atoms with Crippen LogP contribution in [0.5, 0.6) is 11.5 Å². The topological polar surface area (TPSA) is 113 Å². The largest absolute Gasteiger partial charge is 0.513 e. The summed E-state index contributed by atoms with van der Waals surface area (Å²) in [7, 11) is 0. The monoisotopic (exact) mass is 428 g/mol. The maximum Gasteiger partial charge on any atom is 0.513 e. The number of rotatable bonds is 9. The van der Waals surface area contributed by atoms with Crippen molar-refractivity contribution in [2.75, 3.05) is 19.8 Å². The molecular weight excluding hydrogens is 404 g/mol. The highest BCUT2D eigenvalue weighted by Crippen LogP contribution is 2.24. The standard InChI is InChI=1S/C22H24N2O7/c1-3-28-21(26)30-18-12-17(13-19(14-18)31-22(27)29-4-2)9-11-24-20(25)8-7-16-6-5-10-23-15-16/h5-8,10,12-15H,3-4,9,11H2,1-2H3,(H,24,25). The zero-order valence-corrected chi connectivity index (χ0v) is 17.3. The first-order valence-corrected chi connectivity index (χ1v) is 9.69. The van der Waals surface area contributed by atoms with Crippen molar-refractivity contribution >= 4 is 24.3 Å². The van der Waals surface area contributed by atoms with E-state index < -0.39 is 12.3 Å². The Morgan fingerprint density at radius 2 is 1.65 bits per heavy atom. The van der Waals surface area contributed by atoms with Crippen LogP contribution in [0.2, 0.25) is 0 Å². The fourth-order valence-electron chi connectivity index (χ4n) is 2.42. The van der Waals surface area contributed by atoms with Crippen LogP contribution in [0.25, 0.3) is 6.08 Å². The van der Waals surface area contributed by atoms with Gasteiger partial charge in [0.15, 0.2) is 0 Å². The van der Waals surface area contributed by atoms with Crippen LogP contribution in [0.15, 0.2) is 48.8 Å². The number of benzene rings is 1. The predicted octanol–water partition coefficient (Wildman–Crippen LogP) is 3.52. The first kappa shape index (κ1) is 23.4. The van der Waals surface area contributed by atoms with Crippen LogP contribution < -0.4 is 14.8 Å². The van der Waals surface area contributed by atoms with E-state index in [1.54, 1.807) is 50.5 Å². The summed E-state index contributed by atoms with van der Waals surface area (Å²) in [5, 5.41) is 2.75. The molecule has 0 saturated heterocycles. The summed E-state index contributed by atoms with van der Waals surface area (Å²) in [6.45, 7) is 3.92. The van der Waals surface area contributed by atoms with Crippen LogP contribution in [0.4, 0.5) is 9.59 Å². The van der Waals surface area contributed by atoms with Crippen molar-refractivity contribution in [1.82, 2.24) is 10.3 Å². The van der Waals surface area contributed by atoms with Crippen molar-refractivity contribution < 1.29 is 33.3 Å². The molecule has 9 nitrogen and oxygen atoms in total. The average molecular weight is 428 g/mol. The number of nitrogens with one attached hydrogen (secondary N) is 1. The third-order valence-electron chi connectivity index (χ3n) is 3.69. The molecule has 1 heterocycles. The zero-order chi connectivity index (χ0) is 22.5. The Labute approximate surface area is 180 Å². The maximum absolute atomic E-state index is 12.0. The van der Waals surface area contributed by atoms with Gasteiger partial charge in [-0.05, 0) is 55.7 Å². The van der Waals surface area contributed by atoms with Crippen LogP contribution in [0, 0.1) is 0 Å². The number of nitrogens with zero attached hydrogens (tertiary/aromatic N) is 1. The van der Waals surface area contributed by atoms with Crippen molar-refractivity contribution in [3.63, 3.8) is 0 Å². The molecule has 0 aliphatic heterocycles. The smallest absolute Gasteiger partial charge is 0.434 e. The van der Waals surface area contributed by atoms with Gasteiger partial charge in [0, 0.05) is 31.1 Å². The lowest BCUT2D eigenvalue weighted by atomic mass is 10.1. The Morgan fingerprint density at radius 1 is 1.00 bits per heavy atom. The minimum Gasteiger partial charge on any atom is -0.434 e. The van der Waals surface area contributed by atoms with Gasteiger partial charge >= 0.3 is 12.3 Å². The summed E-state index contributed by atoms with van der Waals surface area (Å²) >= 11 is 0. The highest BCUT2D eigenvalue weighted by molar-refractivity contribution is 5.91. The minimum absolute atomic E-state index is 0.137. The first-order valence-electron chi connectivity index (χ1n) is 9.69. The van der Waals surface area contributed by atoms with E-state index in [2.05, 4.69) is 10.3 Å². The number of ether oxygens (including phenoxy) is 4. The molecule has 31 heavy (non-hydrogen) atoms. The lowest BCUT2D eigenvalue weighted by Gasteiger charge is -2.10. The number of hydrogen-bond donors (Lipinski definition) is 1. The van der Waals surface area contributed by atoms with E-state index in [1.165, 1.54) is 12.1 Å². The van der Waals surface area contributed by atoms with Gasteiger partial charge < -0.3 is 24.3 Å². The van der Waals surface area contributed by atoms with E-state index in [0.29, 0.717) is 18.5 Å². The molecule has 1 aromatic carbocycles. The third-order valence-corrected chi connectivity index (χ3v) is 3.69. The number of pyridine rings is 1. The van der Waals surface area contributed by atoms with Gasteiger partial charge in [0.1, 0.15) is 11.5 Å². The fraction of sp³-hybridized carbons (Fsp3) is 0.273. The molecule has 0 bridgehead atoms. The molecule has 0 atom stereocenters. The fourth-order valence-corrected chi connectivity index (χ4v) is 2.42. The molecule has 0 radical (unpaired) electrons. The Hall–Kier alpha value is -3.88. The van der Waals surface area contributed by atoms with Crippen LogP contribution in [0.3, 0.4) is 0 Å². The summed E-state index contributed by atoms with van der Waals surface area (Å²) in [5.74, 6) is 0.00174. The second-order valence-corrected chi connectivity index (χ2v) is 6.04. The molecule has 1 amide bonds. The van der Waals surface area contributed by atoms with E-state index in [-0.39, 0.29) is 30.6 Å². The van der Waals surface area contributed by atoms with Crippen molar-refractivity contribution in [2.24, 2.45) is 0 Å². The van der Waals surface area contributed by atoms with Gasteiger partial charge in [-0.1, -0.05) is 6.07 Å². The quantitative estimate of drug-likeness (QED) is 0.367. The molecule has 0 unspecified atom stereocenters. The van der Waals surface area contributed by atoms with Gasteiger partial charge in [-0.25, -0.2) is 9.59 Å². The van der Waals surface area contributed by atoms with E-state index in [4.69, 9.17) is 18.9 Å². The van der Waals surface area contributed by atoms with Crippen molar-refractivity contribution in [1.29, 1.82) is 0 Å². The first-order chi connectivity index (χ1) is 15.0. The van der Waals surface area contributed by atoms with Crippen molar-refractivity contribution in [3.8, 4) is 11.5 Å². The van der Waals surface area contributed by atoms with E-state index >= 15 is 0 Å². The highest BCUT2D eigenvalue weighted by atomic mass is 16.7. The molecule has 1 aromatic heterocycles. The summed E-state index contributed by atoms with van der Waals surface area (Å²) < 4.78 is 19.7. The molecule has 0 aliphatic carbocycles. The van der Waals surface area contributed by atoms with Crippen LogP contribution >= 0.6 is 0 Å². The normalized spacial score (nSPS) is 10.4. The molecule has 0 aliphatic rings. The van der Waals surface area contributed by atoms with Gasteiger partial charge in [0.05, 0.1) is 13.2 Å². The number of aromatic nitrogens is 1. The van der Waals surface area contributed by atoms with Gasteiger partial charge in [0.25, 0.3) is 0 Å². The molecule has 0 saturated carbocycles. The zero-order valence-electron chi connectivity index (χ0n) is 17.3. The summed E-state index contributed by atoms with van der Waals surface area (Å²) in [6, 6.07) is 8.15. The Balaban J connectivity index is 2.00. The molecule has 1 N–H and O–H groups in total. The number of amides is 1. The van der Waals surface area contributed by atoms with E-state index in [1.807, 2.05) is 6.07 Å². The van der Waals surface area contributed by atoms with Gasteiger partial charge in [-0.3, -0.25) is 9.78 Å². The number of carbonyl (C=O) groups excluding carboxylic acids is 3. The summed E-state index contributed by atoms with van der Waals surface area (Å²) in [4.78, 5) is 39.2. The maximum atomic E-state index is 12.0. The van der Waals surface area contributed by atoms with Crippen molar-refractivity contribution in [3.05, 3.63) is 59.9 Å². The third kappa shape index (κ3) is 8.99. The van der Waals surface area contributed by atoms with Crippen molar-refractivity contribution in [2.45, 2.75) is 20.3 Å². The highest BCUT2D eigenvalue weighted by Gasteiger charge is 2.12. The minimum atomic E-state index is -0.879. The lowest BCUT2D eigenvalue weighted by Crippen LogP contribution is -2.23. The van der Waals surface area contributed by atoms with Gasteiger partial charge in [-0.2, -0.15) is 0 Å². The van der Waals surface area contributed by atoms with Crippen LogP contribution in [0.1, 0.15) is 25.0 Å². The second-order valence-electron chi connectivity index (χ2n) is 6.04. The Bertz CT molecular complexity index is 875. The molecule has 2 aromatic rings. The second kappa shape index (κ2) is 12.6. The SMILES string of the molecule is CCOC(=O)Oc1cc(CCNC(=O)C=Cc2cccnc2)cc(OC(=O)OCC)c1. The molecule has 9 heteroatoms. The Kier molecular flexibility index (Phi) is 9.54. The molecule has 2 rings (SSSR count). The average Bonchev–Trinajstić information content (AvgIpc) is 2.73. The molecule has 164 valence electrons. The van der Waals surface area contributed by atoms with Gasteiger partial charge in [0.2, 0.25) is 5.91 Å². The summed E-state index contributed by atoms with van der Waals surface area (Å²) in [5.41, 5.74) is 1.47. The Morgan fingerprint density at radius 3 is 2.19 bits per heavy atom. The van der Waals surface area contributed by atoms with E-state index in [9.17, 15) is 14.4 Å². The van der Waals surface area contributed by atoms with Gasteiger partial charge in [-0.15, -0.1) is 0 Å². The molecule has 0 spiro atoms. The van der Waals surface area contributed by atoms with E-state index in [0.717, 1.165) is 5.56 Å².